The third-order valence-electron chi connectivity index (χ3n) is 19.4. The van der Waals surface area contributed by atoms with Gasteiger partial charge in [-0.2, -0.15) is 0 Å². The van der Waals surface area contributed by atoms with Crippen LogP contribution in [-0.2, 0) is 33.5 Å². The molecule has 3 unspecified atom stereocenters. The minimum absolute atomic E-state index is 0.00795. The molecule has 3 spiro atoms. The molecule has 6 heterocycles. The summed E-state index contributed by atoms with van der Waals surface area (Å²) in [5, 5.41) is 0. The number of hydrogen-bond donors (Lipinski definition) is 0. The zero-order chi connectivity index (χ0) is 51.1. The molecule has 77 heavy (non-hydrogen) atoms. The summed E-state index contributed by atoms with van der Waals surface area (Å²) >= 11 is 0. The second-order valence-corrected chi connectivity index (χ2v) is 24.8. The van der Waals surface area contributed by atoms with Gasteiger partial charge in [0.25, 0.3) is 0 Å². The standard InChI is InChI=1S/C67H73N3O7/c1-71-63-25-23-47(29-64(63)77-57-32-67(74-38-57)41-68(42-67)33-51-20-18-45-10-5-7-16-58(45)51)46-12-9-15-54(27-46)76-56-31-66(73-37-56)43-70(44-66)35-62-60-17-8-6-11-48(60)28-61(62)50-22-24-59-49(26-50)19-21-52(59)34-69-39-65(40-69)30-55(36-72-65)75-53-13-3-2-4-14-53/h2-17,22-27,29,51-52,55-57,61-62H,18-21,28,30-44H2,1H3/t51?,52-,55-,56+,57?,61?,62+/m1/s1. The molecule has 15 rings (SSSR count). The van der Waals surface area contributed by atoms with Crippen molar-refractivity contribution in [3.63, 3.8) is 0 Å². The molecule has 9 aliphatic rings. The zero-order valence-electron chi connectivity index (χ0n) is 44.7. The van der Waals surface area contributed by atoms with E-state index in [1.807, 2.05) is 36.4 Å². The van der Waals surface area contributed by atoms with Crippen LogP contribution in [0.5, 0.6) is 23.0 Å². The van der Waals surface area contributed by atoms with Crippen LogP contribution in [0.3, 0.4) is 0 Å². The molecule has 6 fully saturated rings. The number of rotatable bonds is 15. The third-order valence-corrected chi connectivity index (χ3v) is 19.4. The molecule has 0 radical (unpaired) electrons. The molecule has 0 saturated carbocycles. The van der Waals surface area contributed by atoms with Gasteiger partial charge in [-0.05, 0) is 136 Å². The number of likely N-dealkylation sites (tertiary alicyclic amines) is 3. The van der Waals surface area contributed by atoms with Crippen LogP contribution in [0.25, 0.3) is 11.1 Å². The van der Waals surface area contributed by atoms with Crippen molar-refractivity contribution < 1.29 is 33.2 Å². The summed E-state index contributed by atoms with van der Waals surface area (Å²) in [6, 6.07) is 50.7. The Kier molecular flexibility index (Phi) is 12.3. The lowest BCUT2D eigenvalue weighted by atomic mass is 9.82. The van der Waals surface area contributed by atoms with E-state index >= 15 is 0 Å². The van der Waals surface area contributed by atoms with Crippen molar-refractivity contribution in [2.75, 3.05) is 85.8 Å². The number of benzene rings is 6. The minimum atomic E-state index is -0.152. The first-order chi connectivity index (χ1) is 37.8. The first-order valence-electron chi connectivity index (χ1n) is 29.0. The number of aryl methyl sites for hydroxylation is 2. The molecule has 0 amide bonds. The van der Waals surface area contributed by atoms with E-state index in [1.54, 1.807) is 23.8 Å². The highest BCUT2D eigenvalue weighted by molar-refractivity contribution is 5.68. The highest BCUT2D eigenvalue weighted by atomic mass is 16.6. The average molecular weight is 1030 g/mol. The van der Waals surface area contributed by atoms with Gasteiger partial charge in [0.05, 0.1) is 43.7 Å². The normalized spacial score (nSPS) is 28.2. The monoisotopic (exact) mass is 1030 g/mol. The Morgan fingerprint density at radius 1 is 0.468 bits per heavy atom. The van der Waals surface area contributed by atoms with Crippen LogP contribution in [0.2, 0.25) is 0 Å². The molecule has 0 N–H and O–H groups in total. The predicted octanol–water partition coefficient (Wildman–Crippen LogP) is 10.6. The Morgan fingerprint density at radius 2 is 1.03 bits per heavy atom. The van der Waals surface area contributed by atoms with Crippen LogP contribution >= 0.6 is 0 Å². The molecule has 10 heteroatoms. The smallest absolute Gasteiger partial charge is 0.162 e. The van der Waals surface area contributed by atoms with E-state index < -0.39 is 0 Å². The van der Waals surface area contributed by atoms with Crippen molar-refractivity contribution in [2.24, 2.45) is 0 Å². The Balaban J connectivity index is 0.542. The summed E-state index contributed by atoms with van der Waals surface area (Å²) in [4.78, 5) is 7.84. The highest BCUT2D eigenvalue weighted by Gasteiger charge is 2.54. The predicted molar refractivity (Wildman–Crippen MR) is 298 cm³/mol. The first-order valence-corrected chi connectivity index (χ1v) is 29.0. The fourth-order valence-electron chi connectivity index (χ4n) is 15.9. The number of nitrogens with zero attached hydrogens (tertiary/aromatic N) is 3. The largest absolute Gasteiger partial charge is 0.493 e. The van der Waals surface area contributed by atoms with Gasteiger partial charge >= 0.3 is 0 Å². The SMILES string of the molecule is COc1ccc(-c2cccc(O[C@@H]3COC4(C3)CN(C[C@H]3c5ccccc5CC3c3ccc5c(c3)CC[C@@H]5CN3CC5(C[C@@H](Oc6ccccc6)CO5)C3)C4)c2)cc1OC1COC2(C1)CN(CC1CCc3ccccc31)C2. The van der Waals surface area contributed by atoms with Crippen LogP contribution in [0, 0.1) is 0 Å². The molecule has 0 aromatic heterocycles. The summed E-state index contributed by atoms with van der Waals surface area (Å²) in [6.45, 7) is 11.0. The van der Waals surface area contributed by atoms with Gasteiger partial charge in [-0.1, -0.05) is 103 Å². The van der Waals surface area contributed by atoms with E-state index in [9.17, 15) is 0 Å². The molecule has 10 nitrogen and oxygen atoms in total. The summed E-state index contributed by atoms with van der Waals surface area (Å²) in [5.41, 5.74) is 12.6. The van der Waals surface area contributed by atoms with Gasteiger partial charge in [0.1, 0.15) is 29.8 Å². The van der Waals surface area contributed by atoms with Gasteiger partial charge in [0, 0.05) is 84.1 Å². The lowest BCUT2D eigenvalue weighted by Crippen LogP contribution is -2.62. The number of fused-ring (bicyclic) bond motifs is 3. The van der Waals surface area contributed by atoms with Crippen LogP contribution in [0.15, 0.2) is 140 Å². The van der Waals surface area contributed by atoms with Gasteiger partial charge in [0.15, 0.2) is 11.5 Å². The molecular weight excluding hydrogens is 959 g/mol. The summed E-state index contributed by atoms with van der Waals surface area (Å²) in [6.07, 6.45) is 8.85. The summed E-state index contributed by atoms with van der Waals surface area (Å²) < 4.78 is 45.1. The van der Waals surface area contributed by atoms with E-state index in [2.05, 4.69) is 118 Å². The fraction of sp³-hybridized carbons (Fsp3) is 0.463. The summed E-state index contributed by atoms with van der Waals surface area (Å²) in [7, 11) is 1.72. The van der Waals surface area contributed by atoms with Gasteiger partial charge in [-0.15, -0.1) is 0 Å². The number of ether oxygens (including phenoxy) is 7. The van der Waals surface area contributed by atoms with Crippen molar-refractivity contribution in [3.05, 3.63) is 178 Å². The quantitative estimate of drug-likeness (QED) is 0.0993. The maximum absolute atomic E-state index is 6.74. The zero-order valence-corrected chi connectivity index (χ0v) is 44.7. The van der Waals surface area contributed by atoms with Gasteiger partial charge < -0.3 is 33.2 Å². The number of methoxy groups -OCH3 is 1. The van der Waals surface area contributed by atoms with Gasteiger partial charge in [0.2, 0.25) is 0 Å². The third kappa shape index (κ3) is 9.34. The number of hydrogen-bond acceptors (Lipinski definition) is 10. The van der Waals surface area contributed by atoms with Crippen molar-refractivity contribution in [1.29, 1.82) is 0 Å². The van der Waals surface area contributed by atoms with E-state index in [0.717, 1.165) is 119 Å². The molecule has 0 bridgehead atoms. The van der Waals surface area contributed by atoms with Crippen LogP contribution < -0.4 is 18.9 Å². The molecular formula is C67H73N3O7. The molecule has 6 saturated heterocycles. The molecule has 398 valence electrons. The molecule has 3 aliphatic carbocycles. The first kappa shape index (κ1) is 48.4. The van der Waals surface area contributed by atoms with Crippen LogP contribution in [-0.4, -0.2) is 136 Å². The van der Waals surface area contributed by atoms with Gasteiger partial charge in [-0.25, -0.2) is 0 Å². The molecule has 6 aromatic rings. The summed E-state index contributed by atoms with van der Waals surface area (Å²) in [5.74, 6) is 5.45. The Morgan fingerprint density at radius 3 is 1.71 bits per heavy atom. The second kappa shape index (κ2) is 19.6. The average Bonchev–Trinajstić information content (AvgIpc) is 4.46. The molecule has 7 atom stereocenters. The van der Waals surface area contributed by atoms with E-state index in [0.29, 0.717) is 43.5 Å². The van der Waals surface area contributed by atoms with Crippen molar-refractivity contribution in [2.45, 2.75) is 110 Å². The van der Waals surface area contributed by atoms with Crippen molar-refractivity contribution >= 4 is 0 Å². The minimum Gasteiger partial charge on any atom is -0.493 e. The van der Waals surface area contributed by atoms with E-state index in [1.165, 1.54) is 47.9 Å². The van der Waals surface area contributed by atoms with Crippen LogP contribution in [0.4, 0.5) is 0 Å². The fourth-order valence-corrected chi connectivity index (χ4v) is 15.9. The van der Waals surface area contributed by atoms with Crippen LogP contribution in [0.1, 0.15) is 94.7 Å². The topological polar surface area (TPSA) is 74.3 Å². The Bertz CT molecular complexity index is 3130. The van der Waals surface area contributed by atoms with Crippen molar-refractivity contribution in [1.82, 2.24) is 14.7 Å². The van der Waals surface area contributed by atoms with E-state index in [4.69, 9.17) is 33.2 Å². The molecule has 6 aromatic carbocycles. The lowest BCUT2D eigenvalue weighted by Gasteiger charge is -2.48. The Hall–Kier alpha value is -5.72. The van der Waals surface area contributed by atoms with Gasteiger partial charge in [-0.3, -0.25) is 14.7 Å². The number of para-hydroxylation sites is 1. The Labute approximate surface area is 454 Å². The maximum Gasteiger partial charge on any atom is 0.162 e. The van der Waals surface area contributed by atoms with E-state index in [-0.39, 0.29) is 35.1 Å². The maximum atomic E-state index is 6.74. The lowest BCUT2D eigenvalue weighted by molar-refractivity contribution is -0.113. The molecule has 6 aliphatic heterocycles. The second-order valence-electron chi connectivity index (χ2n) is 24.8. The van der Waals surface area contributed by atoms with Crippen molar-refractivity contribution in [3.8, 4) is 34.1 Å². The highest BCUT2D eigenvalue weighted by Crippen LogP contribution is 2.49.